The third kappa shape index (κ3) is 4.37. The quantitative estimate of drug-likeness (QED) is 0.620. The van der Waals surface area contributed by atoms with E-state index in [1.165, 1.54) is 11.8 Å². The largest absolute Gasteiger partial charge is 0.431 e. The zero-order valence-electron chi connectivity index (χ0n) is 16.8. The van der Waals surface area contributed by atoms with Crippen LogP contribution >= 0.6 is 11.3 Å². The number of fused-ring (bicyclic) bond motifs is 3. The highest BCUT2D eigenvalue weighted by molar-refractivity contribution is 7.88. The molecule has 30 heavy (non-hydrogen) atoms. The summed E-state index contributed by atoms with van der Waals surface area (Å²) < 4.78 is 33.0. The Hall–Kier alpha value is -2.00. The maximum atomic E-state index is 11.6. The molecular formula is C22H25N3O3S2. The van der Waals surface area contributed by atoms with Crippen molar-refractivity contribution in [3.8, 4) is 10.9 Å². The Morgan fingerprint density at radius 3 is 2.47 bits per heavy atom. The molecule has 0 radical (unpaired) electrons. The molecule has 0 amide bonds. The van der Waals surface area contributed by atoms with E-state index in [9.17, 15) is 8.42 Å². The lowest BCUT2D eigenvalue weighted by molar-refractivity contribution is 0.116. The van der Waals surface area contributed by atoms with Crippen LogP contribution in [-0.4, -0.2) is 42.7 Å². The second-order valence-corrected chi connectivity index (χ2v) is 11.1. The minimum Gasteiger partial charge on any atom is -0.431 e. The number of sulfonamides is 1. The summed E-state index contributed by atoms with van der Waals surface area (Å²) in [6, 6.07) is 17.2. The molecule has 158 valence electrons. The van der Waals surface area contributed by atoms with Crippen LogP contribution in [0.25, 0.3) is 10.2 Å². The van der Waals surface area contributed by atoms with E-state index >= 15 is 0 Å². The van der Waals surface area contributed by atoms with Gasteiger partial charge in [-0.2, -0.15) is 0 Å². The number of piperidine rings is 1. The Balaban J connectivity index is 1.22. The topological polar surface area (TPSA) is 71.5 Å². The second kappa shape index (κ2) is 7.92. The SMILES string of the molecule is CS(=O)(=O)NC1CC2CCC(C1)N2Cc1ccc(Oc2nc3ccccc3s2)cc1. The van der Waals surface area contributed by atoms with Gasteiger partial charge in [0.1, 0.15) is 5.75 Å². The van der Waals surface area contributed by atoms with Gasteiger partial charge in [-0.1, -0.05) is 35.6 Å². The number of para-hydroxylation sites is 1. The summed E-state index contributed by atoms with van der Waals surface area (Å²) in [5.41, 5.74) is 2.21. The summed E-state index contributed by atoms with van der Waals surface area (Å²) in [6.07, 6.45) is 5.32. The lowest BCUT2D eigenvalue weighted by Crippen LogP contribution is -2.49. The van der Waals surface area contributed by atoms with Crippen molar-refractivity contribution in [2.75, 3.05) is 6.26 Å². The molecule has 2 saturated heterocycles. The average molecular weight is 444 g/mol. The first kappa shape index (κ1) is 19.9. The fourth-order valence-electron chi connectivity index (χ4n) is 4.80. The standard InChI is InChI=1S/C22H25N3O3S2/c1-30(26,27)24-16-12-17-8-9-18(13-16)25(17)14-15-6-10-19(11-7-15)28-22-23-20-4-2-3-5-21(20)29-22/h2-7,10-11,16-18,24H,8-9,12-14H2,1H3. The molecule has 0 spiro atoms. The van der Waals surface area contributed by atoms with E-state index in [0.29, 0.717) is 17.3 Å². The molecule has 1 N–H and O–H groups in total. The average Bonchev–Trinajstić information content (AvgIpc) is 3.19. The molecule has 2 aromatic carbocycles. The van der Waals surface area contributed by atoms with E-state index in [-0.39, 0.29) is 6.04 Å². The lowest BCUT2D eigenvalue weighted by atomic mass is 9.97. The van der Waals surface area contributed by atoms with E-state index < -0.39 is 10.0 Å². The van der Waals surface area contributed by atoms with Crippen molar-refractivity contribution in [3.63, 3.8) is 0 Å². The van der Waals surface area contributed by atoms with E-state index in [1.54, 1.807) is 11.3 Å². The Morgan fingerprint density at radius 2 is 1.80 bits per heavy atom. The smallest absolute Gasteiger partial charge is 0.279 e. The number of rotatable bonds is 6. The third-order valence-electron chi connectivity index (χ3n) is 6.03. The van der Waals surface area contributed by atoms with E-state index in [0.717, 1.165) is 48.2 Å². The van der Waals surface area contributed by atoms with Crippen molar-refractivity contribution in [2.24, 2.45) is 0 Å². The molecule has 0 aliphatic carbocycles. The van der Waals surface area contributed by atoms with Gasteiger partial charge in [-0.3, -0.25) is 4.90 Å². The Bertz CT molecular complexity index is 1100. The van der Waals surface area contributed by atoms with Crippen LogP contribution in [0, 0.1) is 0 Å². The molecule has 5 rings (SSSR count). The highest BCUT2D eigenvalue weighted by Gasteiger charge is 2.41. The summed E-state index contributed by atoms with van der Waals surface area (Å²) in [6.45, 7) is 0.891. The third-order valence-corrected chi connectivity index (χ3v) is 7.71. The van der Waals surface area contributed by atoms with Crippen molar-refractivity contribution in [3.05, 3.63) is 54.1 Å². The van der Waals surface area contributed by atoms with Crippen LogP contribution in [0.3, 0.4) is 0 Å². The first-order valence-corrected chi connectivity index (χ1v) is 13.0. The number of hydrogen-bond acceptors (Lipinski definition) is 6. The fraction of sp³-hybridized carbons (Fsp3) is 0.409. The molecule has 3 aromatic rings. The fourth-order valence-corrected chi connectivity index (χ4v) is 6.43. The highest BCUT2D eigenvalue weighted by Crippen LogP contribution is 2.37. The minimum atomic E-state index is -3.15. The van der Waals surface area contributed by atoms with E-state index in [1.807, 2.05) is 36.4 Å². The van der Waals surface area contributed by atoms with Crippen LogP contribution in [0.4, 0.5) is 0 Å². The van der Waals surface area contributed by atoms with Gasteiger partial charge in [0.05, 0.1) is 16.5 Å². The molecule has 2 bridgehead atoms. The van der Waals surface area contributed by atoms with Gasteiger partial charge < -0.3 is 4.74 Å². The summed E-state index contributed by atoms with van der Waals surface area (Å²) in [5, 5.41) is 0.655. The van der Waals surface area contributed by atoms with Gasteiger partial charge in [-0.25, -0.2) is 18.1 Å². The number of nitrogens with one attached hydrogen (secondary N) is 1. The minimum absolute atomic E-state index is 0.0679. The Labute approximate surface area is 180 Å². The van der Waals surface area contributed by atoms with Gasteiger partial charge in [0.15, 0.2) is 0 Å². The van der Waals surface area contributed by atoms with Gasteiger partial charge in [-0.15, -0.1) is 0 Å². The van der Waals surface area contributed by atoms with Gasteiger partial charge in [0.25, 0.3) is 5.19 Å². The van der Waals surface area contributed by atoms with Crippen molar-refractivity contribution >= 4 is 31.6 Å². The summed E-state index contributed by atoms with van der Waals surface area (Å²) >= 11 is 1.55. The zero-order chi connectivity index (χ0) is 20.7. The first-order chi connectivity index (χ1) is 14.4. The number of thiazole rings is 1. The number of aromatic nitrogens is 1. The van der Waals surface area contributed by atoms with Crippen molar-refractivity contribution in [2.45, 2.75) is 50.4 Å². The van der Waals surface area contributed by atoms with Crippen molar-refractivity contribution in [1.82, 2.24) is 14.6 Å². The maximum absolute atomic E-state index is 11.6. The summed E-state index contributed by atoms with van der Waals surface area (Å²) in [4.78, 5) is 7.07. The normalized spacial score (nSPS) is 24.4. The van der Waals surface area contributed by atoms with E-state index in [2.05, 4.69) is 26.7 Å². The van der Waals surface area contributed by atoms with Crippen molar-refractivity contribution < 1.29 is 13.2 Å². The van der Waals surface area contributed by atoms with Crippen LogP contribution in [0.15, 0.2) is 48.5 Å². The summed E-state index contributed by atoms with van der Waals surface area (Å²) in [7, 11) is -3.15. The van der Waals surface area contributed by atoms with Crippen LogP contribution in [-0.2, 0) is 16.6 Å². The molecule has 6 nitrogen and oxygen atoms in total. The molecule has 2 fully saturated rings. The summed E-state index contributed by atoms with van der Waals surface area (Å²) in [5.74, 6) is 0.789. The molecule has 3 heterocycles. The van der Waals surface area contributed by atoms with Gasteiger partial charge in [-0.05, 0) is 55.5 Å². The molecule has 2 aliphatic heterocycles. The van der Waals surface area contributed by atoms with E-state index in [4.69, 9.17) is 4.74 Å². The Morgan fingerprint density at radius 1 is 1.10 bits per heavy atom. The molecule has 2 unspecified atom stereocenters. The molecule has 8 heteroatoms. The van der Waals surface area contributed by atoms with Crippen LogP contribution < -0.4 is 9.46 Å². The monoisotopic (exact) mass is 443 g/mol. The Kier molecular flexibility index (Phi) is 5.26. The van der Waals surface area contributed by atoms with Crippen LogP contribution in [0.5, 0.6) is 10.9 Å². The molecule has 0 saturated carbocycles. The highest BCUT2D eigenvalue weighted by atomic mass is 32.2. The predicted molar refractivity (Wildman–Crippen MR) is 119 cm³/mol. The van der Waals surface area contributed by atoms with Crippen molar-refractivity contribution in [1.29, 1.82) is 0 Å². The molecule has 2 atom stereocenters. The number of hydrogen-bond donors (Lipinski definition) is 1. The lowest BCUT2D eigenvalue weighted by Gasteiger charge is -2.39. The molecular weight excluding hydrogens is 418 g/mol. The zero-order valence-corrected chi connectivity index (χ0v) is 18.5. The maximum Gasteiger partial charge on any atom is 0.279 e. The van der Waals surface area contributed by atoms with Gasteiger partial charge >= 0.3 is 0 Å². The first-order valence-electron chi connectivity index (χ1n) is 10.3. The number of ether oxygens (including phenoxy) is 1. The van der Waals surface area contributed by atoms with Crippen LogP contribution in [0.2, 0.25) is 0 Å². The molecule has 1 aromatic heterocycles. The van der Waals surface area contributed by atoms with Gasteiger partial charge in [0, 0.05) is 24.7 Å². The second-order valence-electron chi connectivity index (χ2n) is 8.31. The molecule has 2 aliphatic rings. The predicted octanol–water partition coefficient (Wildman–Crippen LogP) is 4.13. The van der Waals surface area contributed by atoms with Gasteiger partial charge in [0.2, 0.25) is 10.0 Å². The number of nitrogens with zero attached hydrogens (tertiary/aromatic N) is 2. The number of benzene rings is 2. The van der Waals surface area contributed by atoms with Crippen LogP contribution in [0.1, 0.15) is 31.2 Å².